The van der Waals surface area contributed by atoms with Crippen LogP contribution in [0.25, 0.3) is 11.1 Å². The Hall–Kier alpha value is -1.84. The number of carbonyl (C=O) groups is 1. The summed E-state index contributed by atoms with van der Waals surface area (Å²) in [6.07, 6.45) is 0.903. The molecule has 4 heteroatoms. The van der Waals surface area contributed by atoms with Crippen LogP contribution >= 0.6 is 12.4 Å². The van der Waals surface area contributed by atoms with Crippen molar-refractivity contribution in [2.45, 2.75) is 32.9 Å². The maximum atomic E-state index is 12.0. The maximum Gasteiger partial charge on any atom is 0.237 e. The van der Waals surface area contributed by atoms with E-state index in [1.54, 1.807) is 0 Å². The van der Waals surface area contributed by atoms with Crippen molar-refractivity contribution in [3.05, 3.63) is 60.2 Å². The van der Waals surface area contributed by atoms with Gasteiger partial charge in [0.2, 0.25) is 5.91 Å². The van der Waals surface area contributed by atoms with Gasteiger partial charge in [-0.2, -0.15) is 0 Å². The van der Waals surface area contributed by atoms with Crippen molar-refractivity contribution in [1.82, 2.24) is 5.32 Å². The molecular weight excluding hydrogens is 308 g/mol. The van der Waals surface area contributed by atoms with Crippen LogP contribution in [0.1, 0.15) is 25.8 Å². The van der Waals surface area contributed by atoms with Gasteiger partial charge in [0.15, 0.2) is 0 Å². The first-order valence-electron chi connectivity index (χ1n) is 7.79. The Bertz CT molecular complexity index is 599. The molecule has 1 unspecified atom stereocenters. The normalized spacial score (nSPS) is 12.8. The number of nitrogens with two attached hydrogens (primary N) is 1. The number of benzene rings is 2. The summed E-state index contributed by atoms with van der Waals surface area (Å²) in [5.74, 6) is 0.113. The van der Waals surface area contributed by atoms with Crippen LogP contribution in [0.15, 0.2) is 54.6 Å². The summed E-state index contributed by atoms with van der Waals surface area (Å²) >= 11 is 0. The minimum atomic E-state index is -0.436. The fraction of sp³-hybridized carbons (Fsp3) is 0.316. The van der Waals surface area contributed by atoms with Crippen LogP contribution in [0, 0.1) is 5.92 Å². The highest BCUT2D eigenvalue weighted by Gasteiger charge is 2.18. The Morgan fingerprint density at radius 1 is 1.04 bits per heavy atom. The van der Waals surface area contributed by atoms with Crippen molar-refractivity contribution in [2.75, 3.05) is 0 Å². The molecule has 0 fully saturated rings. The van der Waals surface area contributed by atoms with E-state index in [0.29, 0.717) is 6.54 Å². The molecule has 0 aromatic heterocycles. The van der Waals surface area contributed by atoms with Crippen LogP contribution in [0.4, 0.5) is 0 Å². The molecule has 3 nitrogen and oxygen atoms in total. The molecule has 124 valence electrons. The summed E-state index contributed by atoms with van der Waals surface area (Å²) in [5.41, 5.74) is 9.36. The standard InChI is InChI=1S/C19H24N2O.ClH/c1-3-14(2)18(20)19(22)21-13-15-9-11-17(12-10-15)16-7-5-4-6-8-16;/h4-12,14,18H,3,13,20H2,1-2H3,(H,21,22);1H/t14?,18-;/m0./s1. The van der Waals surface area contributed by atoms with Crippen molar-refractivity contribution >= 4 is 18.3 Å². The molecule has 0 saturated heterocycles. The van der Waals surface area contributed by atoms with Gasteiger partial charge in [-0.05, 0) is 22.6 Å². The molecular formula is C19H25ClN2O. The zero-order chi connectivity index (χ0) is 15.9. The number of hydrogen-bond acceptors (Lipinski definition) is 2. The Morgan fingerprint density at radius 2 is 1.61 bits per heavy atom. The summed E-state index contributed by atoms with van der Waals surface area (Å²) < 4.78 is 0. The molecule has 2 rings (SSSR count). The van der Waals surface area contributed by atoms with Crippen LogP contribution in [-0.2, 0) is 11.3 Å². The van der Waals surface area contributed by atoms with Gasteiger partial charge >= 0.3 is 0 Å². The third kappa shape index (κ3) is 5.38. The monoisotopic (exact) mass is 332 g/mol. The van der Waals surface area contributed by atoms with Gasteiger partial charge in [0.25, 0.3) is 0 Å². The van der Waals surface area contributed by atoms with Crippen LogP contribution in [0.5, 0.6) is 0 Å². The van der Waals surface area contributed by atoms with E-state index in [1.165, 1.54) is 11.1 Å². The largest absolute Gasteiger partial charge is 0.351 e. The van der Waals surface area contributed by atoms with Gasteiger partial charge in [0.1, 0.15) is 0 Å². The zero-order valence-corrected chi connectivity index (χ0v) is 14.5. The Balaban J connectivity index is 0.00000264. The first kappa shape index (κ1) is 19.2. The minimum Gasteiger partial charge on any atom is -0.351 e. The molecule has 2 aromatic rings. The maximum absolute atomic E-state index is 12.0. The Kier molecular flexibility index (Phi) is 7.79. The predicted octanol–water partition coefficient (Wildman–Crippen LogP) is 3.77. The lowest BCUT2D eigenvalue weighted by Crippen LogP contribution is -2.44. The molecule has 0 radical (unpaired) electrons. The van der Waals surface area contributed by atoms with Crippen molar-refractivity contribution in [3.8, 4) is 11.1 Å². The van der Waals surface area contributed by atoms with E-state index in [1.807, 2.05) is 44.2 Å². The molecule has 0 saturated carbocycles. The molecule has 0 aliphatic heterocycles. The molecule has 0 aliphatic rings. The van der Waals surface area contributed by atoms with Gasteiger partial charge in [-0.15, -0.1) is 12.4 Å². The number of hydrogen-bond donors (Lipinski definition) is 2. The topological polar surface area (TPSA) is 55.1 Å². The van der Waals surface area contributed by atoms with Crippen LogP contribution < -0.4 is 11.1 Å². The number of halogens is 1. The summed E-state index contributed by atoms with van der Waals surface area (Å²) in [4.78, 5) is 12.0. The molecule has 0 aliphatic carbocycles. The summed E-state index contributed by atoms with van der Waals surface area (Å²) in [6, 6.07) is 18.0. The lowest BCUT2D eigenvalue weighted by molar-refractivity contribution is -0.123. The second kappa shape index (κ2) is 9.33. The van der Waals surface area contributed by atoms with Gasteiger partial charge < -0.3 is 11.1 Å². The van der Waals surface area contributed by atoms with Gasteiger partial charge in [-0.1, -0.05) is 74.9 Å². The van der Waals surface area contributed by atoms with Crippen molar-refractivity contribution in [3.63, 3.8) is 0 Å². The van der Waals surface area contributed by atoms with Gasteiger partial charge in [-0.3, -0.25) is 4.79 Å². The highest BCUT2D eigenvalue weighted by Crippen LogP contribution is 2.19. The lowest BCUT2D eigenvalue weighted by atomic mass is 9.99. The molecule has 3 N–H and O–H groups in total. The van der Waals surface area contributed by atoms with Crippen molar-refractivity contribution in [2.24, 2.45) is 11.7 Å². The molecule has 23 heavy (non-hydrogen) atoms. The van der Waals surface area contributed by atoms with E-state index < -0.39 is 6.04 Å². The van der Waals surface area contributed by atoms with E-state index in [-0.39, 0.29) is 24.2 Å². The second-order valence-electron chi connectivity index (χ2n) is 5.69. The SMILES string of the molecule is CCC(C)[C@H](N)C(=O)NCc1ccc(-c2ccccc2)cc1.Cl. The average Bonchev–Trinajstić information content (AvgIpc) is 2.59. The van der Waals surface area contributed by atoms with Crippen molar-refractivity contribution < 1.29 is 4.79 Å². The molecule has 2 aromatic carbocycles. The third-order valence-corrected chi connectivity index (χ3v) is 4.09. The van der Waals surface area contributed by atoms with Gasteiger partial charge in [0.05, 0.1) is 6.04 Å². The van der Waals surface area contributed by atoms with Crippen molar-refractivity contribution in [1.29, 1.82) is 0 Å². The molecule has 0 spiro atoms. The zero-order valence-electron chi connectivity index (χ0n) is 13.7. The highest BCUT2D eigenvalue weighted by atomic mass is 35.5. The Labute approximate surface area is 144 Å². The molecule has 1 amide bonds. The summed E-state index contributed by atoms with van der Waals surface area (Å²) in [6.45, 7) is 4.55. The third-order valence-electron chi connectivity index (χ3n) is 4.09. The van der Waals surface area contributed by atoms with Crippen LogP contribution in [-0.4, -0.2) is 11.9 Å². The summed E-state index contributed by atoms with van der Waals surface area (Å²) in [7, 11) is 0. The summed E-state index contributed by atoms with van der Waals surface area (Å²) in [5, 5.41) is 2.91. The van der Waals surface area contributed by atoms with E-state index in [9.17, 15) is 4.79 Å². The number of carbonyl (C=O) groups excluding carboxylic acids is 1. The minimum absolute atomic E-state index is 0. The van der Waals surface area contributed by atoms with E-state index in [4.69, 9.17) is 5.73 Å². The van der Waals surface area contributed by atoms with E-state index in [0.717, 1.165) is 12.0 Å². The molecule has 0 heterocycles. The first-order valence-corrected chi connectivity index (χ1v) is 7.79. The van der Waals surface area contributed by atoms with Gasteiger partial charge in [-0.25, -0.2) is 0 Å². The molecule has 0 bridgehead atoms. The fourth-order valence-corrected chi connectivity index (χ4v) is 2.27. The second-order valence-corrected chi connectivity index (χ2v) is 5.69. The quantitative estimate of drug-likeness (QED) is 0.846. The smallest absolute Gasteiger partial charge is 0.237 e. The Morgan fingerprint density at radius 3 is 2.17 bits per heavy atom. The molecule has 2 atom stereocenters. The van der Waals surface area contributed by atoms with E-state index in [2.05, 4.69) is 29.6 Å². The first-order chi connectivity index (χ1) is 10.6. The number of nitrogens with one attached hydrogen (secondary N) is 1. The fourth-order valence-electron chi connectivity index (χ4n) is 2.27. The number of amides is 1. The average molecular weight is 333 g/mol. The van der Waals surface area contributed by atoms with E-state index >= 15 is 0 Å². The number of rotatable bonds is 6. The van der Waals surface area contributed by atoms with Crippen LogP contribution in [0.3, 0.4) is 0 Å². The van der Waals surface area contributed by atoms with Crippen LogP contribution in [0.2, 0.25) is 0 Å². The highest BCUT2D eigenvalue weighted by molar-refractivity contribution is 5.85. The predicted molar refractivity (Wildman–Crippen MR) is 98.4 cm³/mol. The lowest BCUT2D eigenvalue weighted by Gasteiger charge is -2.17. The van der Waals surface area contributed by atoms with Gasteiger partial charge in [0, 0.05) is 6.54 Å².